The number of fused-ring (bicyclic) bond motifs is 1. The third-order valence-corrected chi connectivity index (χ3v) is 4.78. The second kappa shape index (κ2) is 5.38. The van der Waals surface area contributed by atoms with E-state index in [2.05, 4.69) is 29.0 Å². The molecule has 0 radical (unpaired) electrons. The first-order valence-electron chi connectivity index (χ1n) is 6.40. The molecule has 0 aromatic carbocycles. The highest BCUT2D eigenvalue weighted by Crippen LogP contribution is 2.32. The van der Waals surface area contributed by atoms with Crippen molar-refractivity contribution in [2.24, 2.45) is 0 Å². The highest BCUT2D eigenvalue weighted by Gasteiger charge is 2.23. The lowest BCUT2D eigenvalue weighted by Crippen LogP contribution is -2.48. The van der Waals surface area contributed by atoms with E-state index in [0.29, 0.717) is 17.1 Å². The van der Waals surface area contributed by atoms with Gasteiger partial charge < -0.3 is 16.0 Å². The third kappa shape index (κ3) is 2.76. The van der Waals surface area contributed by atoms with Crippen molar-refractivity contribution in [1.29, 1.82) is 0 Å². The second-order valence-electron chi connectivity index (χ2n) is 5.61. The summed E-state index contributed by atoms with van der Waals surface area (Å²) in [6.07, 6.45) is 3.42. The standard InChI is InChI=1S/C14H20N4OS/c1-14(2,18(3)4)8-17-13(19)12-11(15)9-5-6-16-7-10(9)20-12/h5-7H,8,15H2,1-4H3,(H,17,19). The van der Waals surface area contributed by atoms with Crippen molar-refractivity contribution in [1.82, 2.24) is 15.2 Å². The number of nitrogens with two attached hydrogens (primary N) is 1. The fourth-order valence-electron chi connectivity index (χ4n) is 1.67. The van der Waals surface area contributed by atoms with Gasteiger partial charge in [0, 0.05) is 29.9 Å². The molecular weight excluding hydrogens is 272 g/mol. The molecular formula is C14H20N4OS. The lowest BCUT2D eigenvalue weighted by Gasteiger charge is -2.32. The fourth-order valence-corrected chi connectivity index (χ4v) is 2.68. The second-order valence-corrected chi connectivity index (χ2v) is 6.66. The van der Waals surface area contributed by atoms with Gasteiger partial charge in [0.25, 0.3) is 5.91 Å². The topological polar surface area (TPSA) is 71.2 Å². The van der Waals surface area contributed by atoms with Gasteiger partial charge >= 0.3 is 0 Å². The Balaban J connectivity index is 2.18. The smallest absolute Gasteiger partial charge is 0.263 e. The summed E-state index contributed by atoms with van der Waals surface area (Å²) in [6, 6.07) is 1.84. The summed E-state index contributed by atoms with van der Waals surface area (Å²) in [5.41, 5.74) is 6.48. The number of anilines is 1. The van der Waals surface area contributed by atoms with Crippen LogP contribution in [-0.2, 0) is 0 Å². The number of amides is 1. The van der Waals surface area contributed by atoms with Crippen LogP contribution in [-0.4, -0.2) is 42.0 Å². The number of pyridine rings is 1. The Morgan fingerprint density at radius 2 is 2.20 bits per heavy atom. The first-order valence-corrected chi connectivity index (χ1v) is 7.22. The summed E-state index contributed by atoms with van der Waals surface area (Å²) in [5.74, 6) is -0.126. The zero-order valence-corrected chi connectivity index (χ0v) is 13.0. The van der Waals surface area contributed by atoms with Crippen LogP contribution in [0.3, 0.4) is 0 Å². The van der Waals surface area contributed by atoms with Crippen LogP contribution in [0, 0.1) is 0 Å². The number of carbonyl (C=O) groups is 1. The summed E-state index contributed by atoms with van der Waals surface area (Å²) in [5, 5.41) is 3.84. The Hall–Kier alpha value is -1.66. The number of aromatic nitrogens is 1. The average Bonchev–Trinajstić information content (AvgIpc) is 2.74. The molecule has 0 unspecified atom stereocenters. The molecule has 5 nitrogen and oxygen atoms in total. The molecule has 0 atom stereocenters. The molecule has 20 heavy (non-hydrogen) atoms. The number of likely N-dealkylation sites (N-methyl/N-ethyl adjacent to an activating group) is 1. The fraction of sp³-hybridized carbons (Fsp3) is 0.429. The van der Waals surface area contributed by atoms with Crippen LogP contribution in [0.4, 0.5) is 5.69 Å². The van der Waals surface area contributed by atoms with Crippen LogP contribution >= 0.6 is 11.3 Å². The minimum absolute atomic E-state index is 0.108. The maximum atomic E-state index is 12.3. The predicted octanol–water partition coefficient (Wildman–Crippen LogP) is 1.95. The number of thiophene rings is 1. The number of hydrogen-bond donors (Lipinski definition) is 2. The van der Waals surface area contributed by atoms with Gasteiger partial charge in [-0.05, 0) is 34.0 Å². The van der Waals surface area contributed by atoms with Gasteiger partial charge in [-0.25, -0.2) is 0 Å². The molecule has 2 aromatic rings. The maximum Gasteiger partial charge on any atom is 0.263 e. The molecule has 0 spiro atoms. The monoisotopic (exact) mass is 292 g/mol. The Kier molecular flexibility index (Phi) is 3.96. The van der Waals surface area contributed by atoms with Gasteiger partial charge in [-0.2, -0.15) is 0 Å². The molecule has 2 rings (SSSR count). The summed E-state index contributed by atoms with van der Waals surface area (Å²) >= 11 is 1.38. The third-order valence-electron chi connectivity index (χ3n) is 3.63. The Bertz CT molecular complexity index is 633. The molecule has 6 heteroatoms. The maximum absolute atomic E-state index is 12.3. The Morgan fingerprint density at radius 3 is 2.80 bits per heavy atom. The van der Waals surface area contributed by atoms with Crippen molar-refractivity contribution < 1.29 is 4.79 Å². The van der Waals surface area contributed by atoms with Crippen molar-refractivity contribution in [2.75, 3.05) is 26.4 Å². The van der Waals surface area contributed by atoms with E-state index in [-0.39, 0.29) is 11.4 Å². The normalized spacial score (nSPS) is 12.1. The first kappa shape index (κ1) is 14.7. The van der Waals surface area contributed by atoms with Crippen molar-refractivity contribution in [3.63, 3.8) is 0 Å². The molecule has 0 aliphatic rings. The largest absolute Gasteiger partial charge is 0.397 e. The Labute approximate surface area is 122 Å². The highest BCUT2D eigenvalue weighted by molar-refractivity contribution is 7.21. The molecule has 3 N–H and O–H groups in total. The van der Waals surface area contributed by atoms with Gasteiger partial charge in [0.1, 0.15) is 4.88 Å². The minimum Gasteiger partial charge on any atom is -0.397 e. The minimum atomic E-state index is -0.126. The van der Waals surface area contributed by atoms with E-state index in [1.54, 1.807) is 12.4 Å². The molecule has 2 aromatic heterocycles. The number of nitrogen functional groups attached to an aromatic ring is 1. The molecule has 0 bridgehead atoms. The SMILES string of the molecule is CN(C)C(C)(C)CNC(=O)c1sc2cnccc2c1N. The van der Waals surface area contributed by atoms with Crippen molar-refractivity contribution in [2.45, 2.75) is 19.4 Å². The average molecular weight is 292 g/mol. The van der Waals surface area contributed by atoms with Crippen molar-refractivity contribution >= 4 is 33.0 Å². The number of nitrogens with zero attached hydrogens (tertiary/aromatic N) is 2. The number of nitrogens with one attached hydrogen (secondary N) is 1. The van der Waals surface area contributed by atoms with Gasteiger partial charge in [-0.3, -0.25) is 9.78 Å². The molecule has 0 fully saturated rings. The quantitative estimate of drug-likeness (QED) is 0.903. The zero-order chi connectivity index (χ0) is 14.9. The summed E-state index contributed by atoms with van der Waals surface area (Å²) in [6.45, 7) is 4.71. The zero-order valence-electron chi connectivity index (χ0n) is 12.2. The molecule has 108 valence electrons. The van der Waals surface area contributed by atoms with Crippen LogP contribution in [0.1, 0.15) is 23.5 Å². The Morgan fingerprint density at radius 1 is 1.50 bits per heavy atom. The van der Waals surface area contributed by atoms with E-state index in [1.807, 2.05) is 20.2 Å². The van der Waals surface area contributed by atoms with Gasteiger partial charge in [0.15, 0.2) is 0 Å². The van der Waals surface area contributed by atoms with Crippen LogP contribution in [0.25, 0.3) is 10.1 Å². The number of rotatable bonds is 4. The van der Waals surface area contributed by atoms with E-state index < -0.39 is 0 Å². The van der Waals surface area contributed by atoms with E-state index in [0.717, 1.165) is 10.1 Å². The molecule has 2 heterocycles. The van der Waals surface area contributed by atoms with Gasteiger partial charge in [-0.15, -0.1) is 11.3 Å². The van der Waals surface area contributed by atoms with Crippen LogP contribution in [0.15, 0.2) is 18.5 Å². The van der Waals surface area contributed by atoms with Crippen molar-refractivity contribution in [3.05, 3.63) is 23.3 Å². The van der Waals surface area contributed by atoms with E-state index in [1.165, 1.54) is 11.3 Å². The molecule has 0 aliphatic heterocycles. The lowest BCUT2D eigenvalue weighted by atomic mass is 10.0. The molecule has 1 amide bonds. The number of hydrogen-bond acceptors (Lipinski definition) is 5. The molecule has 0 saturated carbocycles. The highest BCUT2D eigenvalue weighted by atomic mass is 32.1. The van der Waals surface area contributed by atoms with E-state index in [4.69, 9.17) is 5.73 Å². The van der Waals surface area contributed by atoms with Crippen LogP contribution in [0.2, 0.25) is 0 Å². The van der Waals surface area contributed by atoms with Crippen LogP contribution in [0.5, 0.6) is 0 Å². The first-order chi connectivity index (χ1) is 9.33. The van der Waals surface area contributed by atoms with E-state index >= 15 is 0 Å². The lowest BCUT2D eigenvalue weighted by molar-refractivity contribution is 0.0924. The van der Waals surface area contributed by atoms with Gasteiger partial charge in [0.2, 0.25) is 0 Å². The summed E-state index contributed by atoms with van der Waals surface area (Å²) in [4.78, 5) is 19.0. The summed E-state index contributed by atoms with van der Waals surface area (Å²) in [7, 11) is 3.98. The van der Waals surface area contributed by atoms with E-state index in [9.17, 15) is 4.79 Å². The molecule has 0 saturated heterocycles. The number of carbonyl (C=O) groups excluding carboxylic acids is 1. The summed E-state index contributed by atoms with van der Waals surface area (Å²) < 4.78 is 0.932. The molecule has 0 aliphatic carbocycles. The predicted molar refractivity (Wildman–Crippen MR) is 84.1 cm³/mol. The van der Waals surface area contributed by atoms with Crippen molar-refractivity contribution in [3.8, 4) is 0 Å². The van der Waals surface area contributed by atoms with Gasteiger partial charge in [0.05, 0.1) is 10.4 Å². The van der Waals surface area contributed by atoms with Gasteiger partial charge in [-0.1, -0.05) is 0 Å². The van der Waals surface area contributed by atoms with Crippen LogP contribution < -0.4 is 11.1 Å².